The maximum absolute atomic E-state index is 12.5. The van der Waals surface area contributed by atoms with Gasteiger partial charge < -0.3 is 4.74 Å². The van der Waals surface area contributed by atoms with Crippen molar-refractivity contribution in [1.82, 2.24) is 14.9 Å². The standard InChI is InChI=1S/C16H19N5O4S/c1-5-25-12-7-6-10(8-11(12)21(23)24)9-17-20-14(22)13(16(2,3)4)18-19-15(20)26/h6-9H,5H2,1-4H3,(H,19,26)/b17-9-. The molecule has 0 aliphatic rings. The first-order valence-corrected chi connectivity index (χ1v) is 8.23. The molecule has 0 aliphatic heterocycles. The fourth-order valence-corrected chi connectivity index (χ4v) is 2.32. The number of hydrogen-bond acceptors (Lipinski definition) is 7. The largest absolute Gasteiger partial charge is 0.487 e. The second kappa shape index (κ2) is 7.56. The maximum atomic E-state index is 12.5. The minimum Gasteiger partial charge on any atom is -0.487 e. The molecule has 26 heavy (non-hydrogen) atoms. The van der Waals surface area contributed by atoms with Gasteiger partial charge in [-0.05, 0) is 31.3 Å². The summed E-state index contributed by atoms with van der Waals surface area (Å²) in [5, 5.41) is 21.8. The lowest BCUT2D eigenvalue weighted by molar-refractivity contribution is -0.385. The number of ether oxygens (including phenoxy) is 1. The Labute approximate surface area is 154 Å². The highest BCUT2D eigenvalue weighted by Crippen LogP contribution is 2.27. The molecular weight excluding hydrogens is 358 g/mol. The maximum Gasteiger partial charge on any atom is 0.311 e. The highest BCUT2D eigenvalue weighted by molar-refractivity contribution is 7.71. The molecule has 0 spiro atoms. The number of hydrogen-bond donors (Lipinski definition) is 1. The van der Waals surface area contributed by atoms with E-state index in [4.69, 9.17) is 17.0 Å². The molecule has 0 fully saturated rings. The van der Waals surface area contributed by atoms with Crippen molar-refractivity contribution in [3.63, 3.8) is 0 Å². The van der Waals surface area contributed by atoms with Crippen molar-refractivity contribution in [3.8, 4) is 5.75 Å². The second-order valence-electron chi connectivity index (χ2n) is 6.41. The summed E-state index contributed by atoms with van der Waals surface area (Å²) in [6.07, 6.45) is 1.32. The molecule has 0 saturated carbocycles. The van der Waals surface area contributed by atoms with E-state index in [0.717, 1.165) is 4.68 Å². The van der Waals surface area contributed by atoms with E-state index in [0.29, 0.717) is 12.2 Å². The molecular formula is C16H19N5O4S. The lowest BCUT2D eigenvalue weighted by atomic mass is 9.93. The van der Waals surface area contributed by atoms with Crippen molar-refractivity contribution >= 4 is 24.1 Å². The molecule has 1 aromatic carbocycles. The lowest BCUT2D eigenvalue weighted by Gasteiger charge is -2.16. The number of aromatic nitrogens is 3. The number of nitro benzene ring substituents is 1. The van der Waals surface area contributed by atoms with Gasteiger partial charge >= 0.3 is 5.69 Å². The van der Waals surface area contributed by atoms with Gasteiger partial charge in [-0.1, -0.05) is 20.8 Å². The fourth-order valence-electron chi connectivity index (χ4n) is 2.14. The zero-order valence-corrected chi connectivity index (χ0v) is 15.7. The first kappa shape index (κ1) is 19.4. The zero-order chi connectivity index (χ0) is 19.5. The average Bonchev–Trinajstić information content (AvgIpc) is 2.54. The molecule has 1 heterocycles. The van der Waals surface area contributed by atoms with Gasteiger partial charge in [0.2, 0.25) is 4.77 Å². The van der Waals surface area contributed by atoms with Crippen molar-refractivity contribution < 1.29 is 9.66 Å². The molecule has 0 saturated heterocycles. The molecule has 2 rings (SSSR count). The Morgan fingerprint density at radius 3 is 2.73 bits per heavy atom. The normalized spacial score (nSPS) is 11.7. The summed E-state index contributed by atoms with van der Waals surface area (Å²) in [7, 11) is 0. The summed E-state index contributed by atoms with van der Waals surface area (Å²) >= 11 is 5.06. The highest BCUT2D eigenvalue weighted by atomic mass is 32.1. The number of benzene rings is 1. The molecule has 1 aromatic heterocycles. The molecule has 0 atom stereocenters. The quantitative estimate of drug-likeness (QED) is 0.371. The van der Waals surface area contributed by atoms with Gasteiger partial charge in [0.1, 0.15) is 5.69 Å². The van der Waals surface area contributed by atoms with Gasteiger partial charge in [0.25, 0.3) is 5.56 Å². The van der Waals surface area contributed by atoms with Gasteiger partial charge in [0.05, 0.1) is 17.7 Å². The average molecular weight is 377 g/mol. The number of aromatic amines is 1. The summed E-state index contributed by atoms with van der Waals surface area (Å²) < 4.78 is 6.27. The van der Waals surface area contributed by atoms with Crippen molar-refractivity contribution in [2.75, 3.05) is 6.61 Å². The Hall–Kier alpha value is -2.88. The summed E-state index contributed by atoms with van der Waals surface area (Å²) in [5.74, 6) is 0.169. The van der Waals surface area contributed by atoms with E-state index in [9.17, 15) is 14.9 Å². The summed E-state index contributed by atoms with van der Waals surface area (Å²) in [6, 6.07) is 4.41. The smallest absolute Gasteiger partial charge is 0.311 e. The molecule has 2 aromatic rings. The minimum atomic E-state index is -0.537. The molecule has 10 heteroatoms. The number of nitrogens with zero attached hydrogens (tertiary/aromatic N) is 4. The van der Waals surface area contributed by atoms with Gasteiger partial charge in [-0.15, -0.1) is 0 Å². The third kappa shape index (κ3) is 4.20. The van der Waals surface area contributed by atoms with Crippen LogP contribution in [0.5, 0.6) is 5.75 Å². The number of nitro groups is 1. The topological polar surface area (TPSA) is 115 Å². The Kier molecular flexibility index (Phi) is 5.66. The van der Waals surface area contributed by atoms with E-state index in [1.165, 1.54) is 18.3 Å². The van der Waals surface area contributed by atoms with Crippen LogP contribution in [0.3, 0.4) is 0 Å². The van der Waals surface area contributed by atoms with Crippen molar-refractivity contribution in [2.45, 2.75) is 33.1 Å². The van der Waals surface area contributed by atoms with Crippen LogP contribution >= 0.6 is 12.2 Å². The van der Waals surface area contributed by atoms with Crippen LogP contribution < -0.4 is 10.3 Å². The van der Waals surface area contributed by atoms with Crippen LogP contribution in [-0.4, -0.2) is 32.6 Å². The van der Waals surface area contributed by atoms with Gasteiger partial charge in [0.15, 0.2) is 5.75 Å². The van der Waals surface area contributed by atoms with E-state index < -0.39 is 15.9 Å². The van der Waals surface area contributed by atoms with Crippen LogP contribution in [-0.2, 0) is 5.41 Å². The van der Waals surface area contributed by atoms with Gasteiger partial charge in [-0.2, -0.15) is 14.9 Å². The van der Waals surface area contributed by atoms with E-state index >= 15 is 0 Å². The molecule has 138 valence electrons. The van der Waals surface area contributed by atoms with Gasteiger partial charge in [-0.25, -0.2) is 0 Å². The van der Waals surface area contributed by atoms with Crippen LogP contribution in [0.15, 0.2) is 28.1 Å². The van der Waals surface area contributed by atoms with Crippen LogP contribution in [0.2, 0.25) is 0 Å². The highest BCUT2D eigenvalue weighted by Gasteiger charge is 2.21. The predicted molar refractivity (Wildman–Crippen MR) is 99.6 cm³/mol. The SMILES string of the molecule is CCOc1ccc(/C=N\n2c(=S)[nH]nc(C(C)(C)C)c2=O)cc1[N+](=O)[O-]. The number of nitrogens with one attached hydrogen (secondary N) is 1. The van der Waals surface area contributed by atoms with E-state index in [1.807, 2.05) is 20.8 Å². The molecule has 0 radical (unpaired) electrons. The third-order valence-electron chi connectivity index (χ3n) is 3.36. The Bertz CT molecular complexity index is 972. The molecule has 1 N–H and O–H groups in total. The van der Waals surface area contributed by atoms with Crippen LogP contribution in [0.25, 0.3) is 0 Å². The summed E-state index contributed by atoms with van der Waals surface area (Å²) in [6.45, 7) is 7.58. The van der Waals surface area contributed by atoms with Gasteiger partial charge in [-0.3, -0.25) is 20.0 Å². The monoisotopic (exact) mass is 377 g/mol. The summed E-state index contributed by atoms with van der Waals surface area (Å²) in [5.41, 5.74) is -0.418. The molecule has 0 unspecified atom stereocenters. The first-order chi connectivity index (χ1) is 12.1. The van der Waals surface area contributed by atoms with E-state index in [-0.39, 0.29) is 21.9 Å². The summed E-state index contributed by atoms with van der Waals surface area (Å²) in [4.78, 5) is 23.2. The first-order valence-electron chi connectivity index (χ1n) is 7.83. The molecule has 0 amide bonds. The number of rotatable bonds is 5. The third-order valence-corrected chi connectivity index (χ3v) is 3.63. The van der Waals surface area contributed by atoms with Crippen molar-refractivity contribution in [2.24, 2.45) is 5.10 Å². The Morgan fingerprint density at radius 1 is 1.46 bits per heavy atom. The van der Waals surface area contributed by atoms with Crippen molar-refractivity contribution in [3.05, 3.63) is 54.7 Å². The minimum absolute atomic E-state index is 0.0275. The second-order valence-corrected chi connectivity index (χ2v) is 6.79. The van der Waals surface area contributed by atoms with Crippen LogP contribution in [0, 0.1) is 14.9 Å². The van der Waals surface area contributed by atoms with E-state index in [2.05, 4.69) is 15.3 Å². The Morgan fingerprint density at radius 2 is 2.15 bits per heavy atom. The predicted octanol–water partition coefficient (Wildman–Crippen LogP) is 2.79. The lowest BCUT2D eigenvalue weighted by Crippen LogP contribution is -2.32. The van der Waals surface area contributed by atoms with Gasteiger partial charge in [0, 0.05) is 17.0 Å². The van der Waals surface area contributed by atoms with E-state index in [1.54, 1.807) is 13.0 Å². The molecule has 0 bridgehead atoms. The molecule has 0 aliphatic carbocycles. The fraction of sp³-hybridized carbons (Fsp3) is 0.375. The van der Waals surface area contributed by atoms with Crippen LogP contribution in [0.4, 0.5) is 5.69 Å². The van der Waals surface area contributed by atoms with Crippen molar-refractivity contribution in [1.29, 1.82) is 0 Å². The number of H-pyrrole nitrogens is 1. The Balaban J connectivity index is 2.48. The zero-order valence-electron chi connectivity index (χ0n) is 14.8. The van der Waals surface area contributed by atoms with Crippen LogP contribution in [0.1, 0.15) is 39.0 Å². The molecule has 9 nitrogen and oxygen atoms in total.